The largest absolute Gasteiger partial charge is 0.475 e. The van der Waals surface area contributed by atoms with Crippen LogP contribution in [0.15, 0.2) is 0 Å². The monoisotopic (exact) mass is 136 g/mol. The molecule has 0 rings (SSSR count). The molecule has 0 saturated carbocycles. The van der Waals surface area contributed by atoms with Crippen LogP contribution in [-0.4, -0.2) is 28.6 Å². The molecule has 2 N–H and O–H groups in total. The topological polar surface area (TPSA) is 69.8 Å². The van der Waals surface area contributed by atoms with E-state index in [1.54, 1.807) is 0 Å². The molecule has 0 unspecified atom stereocenters. The van der Waals surface area contributed by atoms with Gasteiger partial charge < -0.3 is 5.11 Å². The predicted molar refractivity (Wildman–Crippen MR) is 27.7 cm³/mol. The number of hydrogen-bond acceptors (Lipinski definition) is 3. The zero-order valence-electron chi connectivity index (χ0n) is 4.99. The zero-order valence-corrected chi connectivity index (χ0v) is 4.99. The number of unbranched alkanes of at least 4 members (excludes halogenated alkanes) is 1. The Hall–Kier alpha value is -0.840. The molecule has 0 aliphatic rings. The fraction of sp³-hybridized carbons (Fsp3) is 1.00. The van der Waals surface area contributed by atoms with Gasteiger partial charge in [-0.05, 0) is 12.8 Å². The molecular formula is C4H10NO4+. The van der Waals surface area contributed by atoms with Gasteiger partial charge in [-0.15, -0.1) is 0 Å². The van der Waals surface area contributed by atoms with Crippen LogP contribution in [0.5, 0.6) is 0 Å². The van der Waals surface area contributed by atoms with Crippen LogP contribution in [0.3, 0.4) is 0 Å². The standard InChI is InChI=1S/C4H10NO4/c6-3-1-2-4-9-5(7)8/h6H,1-4H2,(H,7,8)/q+1. The van der Waals surface area contributed by atoms with E-state index in [2.05, 4.69) is 4.84 Å². The first-order chi connectivity index (χ1) is 4.27. The average molecular weight is 136 g/mol. The van der Waals surface area contributed by atoms with Gasteiger partial charge in [-0.3, -0.25) is 0 Å². The van der Waals surface area contributed by atoms with Crippen molar-refractivity contribution in [1.29, 1.82) is 0 Å². The Morgan fingerprint density at radius 3 is 2.56 bits per heavy atom. The number of aliphatic hydroxyl groups is 1. The third-order valence-electron chi connectivity index (χ3n) is 0.754. The van der Waals surface area contributed by atoms with E-state index in [0.29, 0.717) is 12.8 Å². The van der Waals surface area contributed by atoms with Crippen molar-refractivity contribution >= 4 is 0 Å². The van der Waals surface area contributed by atoms with Gasteiger partial charge in [-0.25, -0.2) is 5.21 Å². The number of aliphatic hydroxyl groups excluding tert-OH is 1. The van der Waals surface area contributed by atoms with Crippen LogP contribution in [-0.2, 0) is 4.84 Å². The molecule has 54 valence electrons. The van der Waals surface area contributed by atoms with Gasteiger partial charge in [-0.1, -0.05) is 0 Å². The Balaban J connectivity index is 2.83. The van der Waals surface area contributed by atoms with E-state index in [-0.39, 0.29) is 13.2 Å². The van der Waals surface area contributed by atoms with Crippen molar-refractivity contribution in [2.24, 2.45) is 0 Å². The second-order valence-electron chi connectivity index (χ2n) is 1.50. The van der Waals surface area contributed by atoms with Crippen LogP contribution < -0.4 is 0 Å². The van der Waals surface area contributed by atoms with Crippen LogP contribution in [0.1, 0.15) is 12.8 Å². The van der Waals surface area contributed by atoms with E-state index in [1.807, 2.05) is 0 Å². The van der Waals surface area contributed by atoms with Gasteiger partial charge in [0, 0.05) is 6.61 Å². The lowest BCUT2D eigenvalue weighted by Crippen LogP contribution is -2.04. The van der Waals surface area contributed by atoms with Crippen LogP contribution >= 0.6 is 0 Å². The minimum Gasteiger partial charge on any atom is -0.396 e. The summed E-state index contributed by atoms with van der Waals surface area (Å²) in [7, 11) is 0. The second-order valence-corrected chi connectivity index (χ2v) is 1.50. The lowest BCUT2D eigenvalue weighted by atomic mass is 10.3. The molecule has 0 saturated heterocycles. The summed E-state index contributed by atoms with van der Waals surface area (Å²) in [6, 6.07) is 0. The summed E-state index contributed by atoms with van der Waals surface area (Å²) in [6.45, 7) is 0.216. The fourth-order valence-electron chi connectivity index (χ4n) is 0.357. The first-order valence-electron chi connectivity index (χ1n) is 2.67. The molecule has 0 spiro atoms. The van der Waals surface area contributed by atoms with Crippen molar-refractivity contribution in [2.45, 2.75) is 12.8 Å². The smallest absolute Gasteiger partial charge is 0.396 e. The highest BCUT2D eigenvalue weighted by Gasteiger charge is 2.01. The second kappa shape index (κ2) is 5.30. The number of nitrogens with zero attached hydrogens (tertiary/aromatic N) is 1. The summed E-state index contributed by atoms with van der Waals surface area (Å²) in [6.07, 6.45) is 1.14. The lowest BCUT2D eigenvalue weighted by Gasteiger charge is -1.88. The molecule has 0 aromatic heterocycles. The first kappa shape index (κ1) is 8.16. The Kier molecular flexibility index (Phi) is 4.81. The fourth-order valence-corrected chi connectivity index (χ4v) is 0.357. The molecule has 0 fully saturated rings. The van der Waals surface area contributed by atoms with Gasteiger partial charge in [-0.2, -0.15) is 4.84 Å². The maximum absolute atomic E-state index is 9.59. The van der Waals surface area contributed by atoms with Crippen molar-refractivity contribution in [3.63, 3.8) is 0 Å². The summed E-state index contributed by atoms with van der Waals surface area (Å²) < 4.78 is 0. The third-order valence-corrected chi connectivity index (χ3v) is 0.754. The summed E-state index contributed by atoms with van der Waals surface area (Å²) in [5, 5.41) is 15.5. The highest BCUT2D eigenvalue weighted by molar-refractivity contribution is 4.31. The van der Waals surface area contributed by atoms with Gasteiger partial charge in [0.25, 0.3) is 0 Å². The van der Waals surface area contributed by atoms with Crippen molar-refractivity contribution in [3.8, 4) is 0 Å². The Morgan fingerprint density at radius 1 is 1.44 bits per heavy atom. The number of rotatable bonds is 5. The molecule has 0 aromatic carbocycles. The van der Waals surface area contributed by atoms with Gasteiger partial charge in [0.15, 0.2) is 6.61 Å². The van der Waals surface area contributed by atoms with Crippen molar-refractivity contribution in [1.82, 2.24) is 0 Å². The van der Waals surface area contributed by atoms with Gasteiger partial charge >= 0.3 is 5.09 Å². The molecule has 0 aliphatic carbocycles. The van der Waals surface area contributed by atoms with Gasteiger partial charge in [0.1, 0.15) is 4.91 Å². The predicted octanol–water partition coefficient (Wildman–Crippen LogP) is -0.141. The maximum Gasteiger partial charge on any atom is 0.475 e. The molecule has 5 heteroatoms. The minimum absolute atomic E-state index is 0.0770. The first-order valence-corrected chi connectivity index (χ1v) is 2.67. The Morgan fingerprint density at radius 2 is 2.11 bits per heavy atom. The summed E-state index contributed by atoms with van der Waals surface area (Å²) in [5.74, 6) is 0. The van der Waals surface area contributed by atoms with Crippen LogP contribution in [0.25, 0.3) is 0 Å². The molecule has 0 bridgehead atoms. The van der Waals surface area contributed by atoms with Crippen LogP contribution in [0.2, 0.25) is 0 Å². The average Bonchev–Trinajstić information content (AvgIpc) is 1.80. The normalized spacial score (nSPS) is 9.00. The molecule has 0 atom stereocenters. The van der Waals surface area contributed by atoms with E-state index < -0.39 is 5.09 Å². The third kappa shape index (κ3) is 7.16. The van der Waals surface area contributed by atoms with Crippen LogP contribution in [0.4, 0.5) is 0 Å². The van der Waals surface area contributed by atoms with Crippen molar-refractivity contribution < 1.29 is 20.2 Å². The van der Waals surface area contributed by atoms with E-state index in [1.165, 1.54) is 0 Å². The summed E-state index contributed by atoms with van der Waals surface area (Å²) in [5.41, 5.74) is 0. The Labute approximate surface area is 52.3 Å². The van der Waals surface area contributed by atoms with E-state index in [9.17, 15) is 4.91 Å². The van der Waals surface area contributed by atoms with E-state index in [0.717, 1.165) is 0 Å². The van der Waals surface area contributed by atoms with Gasteiger partial charge in [0.2, 0.25) is 0 Å². The minimum atomic E-state index is -0.586. The molecule has 9 heavy (non-hydrogen) atoms. The summed E-state index contributed by atoms with van der Waals surface area (Å²) >= 11 is 0. The Bertz CT molecular complexity index is 84.6. The molecule has 0 radical (unpaired) electrons. The maximum atomic E-state index is 9.59. The zero-order chi connectivity index (χ0) is 7.11. The van der Waals surface area contributed by atoms with Gasteiger partial charge in [0.05, 0.1) is 0 Å². The quantitative estimate of drug-likeness (QED) is 0.407. The lowest BCUT2D eigenvalue weighted by molar-refractivity contribution is -0.975. The molecule has 0 aliphatic heterocycles. The molecule has 0 amide bonds. The highest BCUT2D eigenvalue weighted by Crippen LogP contribution is 1.86. The van der Waals surface area contributed by atoms with Crippen molar-refractivity contribution in [2.75, 3.05) is 13.2 Å². The van der Waals surface area contributed by atoms with E-state index in [4.69, 9.17) is 10.3 Å². The van der Waals surface area contributed by atoms with E-state index >= 15 is 0 Å². The SMILES string of the molecule is O=[N+](O)OCCCCO. The van der Waals surface area contributed by atoms with Crippen LogP contribution in [0, 0.1) is 4.91 Å². The molecule has 5 nitrogen and oxygen atoms in total. The number of hydrogen-bond donors (Lipinski definition) is 2. The van der Waals surface area contributed by atoms with Crippen molar-refractivity contribution in [3.05, 3.63) is 4.91 Å². The molecule has 0 heterocycles. The summed E-state index contributed by atoms with van der Waals surface area (Å²) in [4.78, 5) is 13.7. The molecule has 0 aromatic rings. The molecular weight excluding hydrogens is 126 g/mol. The highest BCUT2D eigenvalue weighted by atomic mass is 16.9.